The number of imide groups is 1. The summed E-state index contributed by atoms with van der Waals surface area (Å²) in [5, 5.41) is 15.2. The second-order valence-corrected chi connectivity index (χ2v) is 13.4. The third-order valence-corrected chi connectivity index (χ3v) is 10.4. The number of rotatable bonds is 5. The van der Waals surface area contributed by atoms with E-state index >= 15 is 0 Å². The monoisotopic (exact) mass is 557 g/mol. The molecule has 1 aliphatic carbocycles. The molecule has 2 aliphatic heterocycles. The third kappa shape index (κ3) is 3.75. The minimum Gasteiger partial charge on any atom is -0.345 e. The number of hydrogen-bond acceptors (Lipinski definition) is 6. The Morgan fingerprint density at radius 1 is 1.13 bits per heavy atom. The highest BCUT2D eigenvalue weighted by atomic mass is 35.5. The lowest BCUT2D eigenvalue weighted by Crippen LogP contribution is -2.38. The molecule has 1 N–H and O–H groups in total. The first-order valence-electron chi connectivity index (χ1n) is 13.4. The van der Waals surface area contributed by atoms with Crippen LogP contribution in [0.15, 0.2) is 42.7 Å². The summed E-state index contributed by atoms with van der Waals surface area (Å²) >= 11 is 8.17. The fourth-order valence-corrected chi connectivity index (χ4v) is 8.14. The van der Waals surface area contributed by atoms with Gasteiger partial charge in [0, 0.05) is 45.4 Å². The van der Waals surface area contributed by atoms with Gasteiger partial charge in [-0.05, 0) is 61.7 Å². The number of fused-ring (bicyclic) bond motifs is 3. The second-order valence-electron chi connectivity index (χ2n) is 11.8. The smallest absolute Gasteiger partial charge is 0.234 e. The minimum atomic E-state index is -0.415. The van der Waals surface area contributed by atoms with Gasteiger partial charge in [-0.3, -0.25) is 19.5 Å². The van der Waals surface area contributed by atoms with Crippen molar-refractivity contribution in [2.45, 2.75) is 39.8 Å². The molecule has 3 fully saturated rings. The van der Waals surface area contributed by atoms with Gasteiger partial charge >= 0.3 is 0 Å². The number of likely N-dealkylation sites (tertiary alicyclic amines) is 1. The van der Waals surface area contributed by atoms with E-state index in [4.69, 9.17) is 11.6 Å². The van der Waals surface area contributed by atoms with Gasteiger partial charge in [0.1, 0.15) is 0 Å². The number of benzene rings is 1. The Bertz CT molecular complexity index is 1700. The molecule has 2 amide bonds. The molecule has 2 saturated heterocycles. The standard InChI is InChI=1S/C30H28ClN5O2S/c1-29(2)23-24(29)28(38)36(27(23)37)14-19-13-22-26(39-19)20(3-7-34-22)21-12-18(31)11-17-4-10-35(25(17)21)16-30(15-32)5-8-33-9-6-30/h3-4,7,10-13,23-24,33H,5-6,8-9,14,16H2,1-2H3. The van der Waals surface area contributed by atoms with E-state index in [2.05, 4.69) is 33.2 Å². The Morgan fingerprint density at radius 3 is 2.59 bits per heavy atom. The van der Waals surface area contributed by atoms with Gasteiger partial charge in [-0.15, -0.1) is 11.3 Å². The Kier molecular flexibility index (Phi) is 5.48. The second kappa shape index (κ2) is 8.62. The van der Waals surface area contributed by atoms with Crippen LogP contribution in [0.25, 0.3) is 32.2 Å². The van der Waals surface area contributed by atoms with Crippen LogP contribution in [0.4, 0.5) is 0 Å². The molecular weight excluding hydrogens is 530 g/mol. The van der Waals surface area contributed by atoms with Gasteiger partial charge in [0.15, 0.2) is 0 Å². The maximum atomic E-state index is 12.9. The topological polar surface area (TPSA) is 91.0 Å². The zero-order valence-corrected chi connectivity index (χ0v) is 23.4. The summed E-state index contributed by atoms with van der Waals surface area (Å²) in [7, 11) is 0. The highest BCUT2D eigenvalue weighted by Gasteiger charge is 2.72. The van der Waals surface area contributed by atoms with Crippen LogP contribution in [0.3, 0.4) is 0 Å². The molecule has 9 heteroatoms. The van der Waals surface area contributed by atoms with Crippen LogP contribution >= 0.6 is 22.9 Å². The number of halogens is 1. The number of pyridine rings is 1. The lowest BCUT2D eigenvalue weighted by Gasteiger charge is -2.32. The summed E-state index contributed by atoms with van der Waals surface area (Å²) < 4.78 is 3.19. The SMILES string of the molecule is CC1(C)C2C(=O)N(Cc3cc4nccc(-c5cc(Cl)cc6ccn(CC7(C#N)CCNCC7)c56)c4s3)C(=O)C21. The molecule has 0 bridgehead atoms. The average molecular weight is 558 g/mol. The molecule has 7 rings (SSSR count). The zero-order valence-electron chi connectivity index (χ0n) is 21.8. The Morgan fingerprint density at radius 2 is 1.87 bits per heavy atom. The van der Waals surface area contributed by atoms with Crippen molar-refractivity contribution in [3.05, 3.63) is 52.6 Å². The van der Waals surface area contributed by atoms with Crippen molar-refractivity contribution in [3.63, 3.8) is 0 Å². The first kappa shape index (κ1) is 24.8. The van der Waals surface area contributed by atoms with Gasteiger partial charge in [-0.1, -0.05) is 25.4 Å². The van der Waals surface area contributed by atoms with Crippen molar-refractivity contribution in [2.75, 3.05) is 13.1 Å². The maximum absolute atomic E-state index is 12.9. The number of carbonyl (C=O) groups is 2. The van der Waals surface area contributed by atoms with Crippen molar-refractivity contribution in [2.24, 2.45) is 22.7 Å². The van der Waals surface area contributed by atoms with Gasteiger partial charge in [0.2, 0.25) is 11.8 Å². The summed E-state index contributed by atoms with van der Waals surface area (Å²) in [6.07, 6.45) is 5.47. The summed E-state index contributed by atoms with van der Waals surface area (Å²) in [5.74, 6) is -0.479. The van der Waals surface area contributed by atoms with Crippen LogP contribution in [0, 0.1) is 34.0 Å². The number of nitrogens with one attached hydrogen (secondary N) is 1. The average Bonchev–Trinajstić information content (AvgIpc) is 3.26. The van der Waals surface area contributed by atoms with Crippen molar-refractivity contribution >= 4 is 55.9 Å². The van der Waals surface area contributed by atoms with Gasteiger partial charge in [-0.2, -0.15) is 5.26 Å². The fourth-order valence-electron chi connectivity index (χ4n) is 6.78. The first-order chi connectivity index (χ1) is 18.7. The van der Waals surface area contributed by atoms with Gasteiger partial charge < -0.3 is 9.88 Å². The first-order valence-corrected chi connectivity index (χ1v) is 14.6. The fraction of sp³-hybridized carbons (Fsp3) is 0.400. The minimum absolute atomic E-state index is 0.0562. The summed E-state index contributed by atoms with van der Waals surface area (Å²) in [6.45, 7) is 6.57. The summed E-state index contributed by atoms with van der Waals surface area (Å²) in [4.78, 5) is 32.8. The van der Waals surface area contributed by atoms with Crippen molar-refractivity contribution in [1.29, 1.82) is 5.26 Å². The molecule has 5 heterocycles. The quantitative estimate of drug-likeness (QED) is 0.322. The molecule has 0 spiro atoms. The van der Waals surface area contributed by atoms with Gasteiger partial charge in [0.25, 0.3) is 0 Å². The van der Waals surface area contributed by atoms with Crippen LogP contribution in [-0.2, 0) is 22.7 Å². The normalized spacial score (nSPS) is 23.4. The molecule has 2 unspecified atom stereocenters. The molecule has 1 saturated carbocycles. The van der Waals surface area contributed by atoms with Crippen molar-refractivity contribution in [3.8, 4) is 17.2 Å². The number of nitrogens with zero attached hydrogens (tertiary/aromatic N) is 4. The highest BCUT2D eigenvalue weighted by molar-refractivity contribution is 7.19. The number of thiophene rings is 1. The molecule has 198 valence electrons. The van der Waals surface area contributed by atoms with Gasteiger partial charge in [-0.25, -0.2) is 0 Å². The van der Waals surface area contributed by atoms with E-state index in [1.165, 1.54) is 4.90 Å². The number of aromatic nitrogens is 2. The predicted octanol–water partition coefficient (Wildman–Crippen LogP) is 5.61. The van der Waals surface area contributed by atoms with Crippen LogP contribution < -0.4 is 5.32 Å². The lowest BCUT2D eigenvalue weighted by atomic mass is 9.80. The molecule has 0 radical (unpaired) electrons. The molecule has 3 aliphatic rings. The molecule has 7 nitrogen and oxygen atoms in total. The molecule has 3 aromatic heterocycles. The molecule has 2 atom stereocenters. The number of carbonyl (C=O) groups excluding carboxylic acids is 2. The van der Waals surface area contributed by atoms with E-state index in [0.29, 0.717) is 11.6 Å². The van der Waals surface area contributed by atoms with Crippen molar-refractivity contribution in [1.82, 2.24) is 19.8 Å². The van der Waals surface area contributed by atoms with E-state index in [1.807, 2.05) is 38.1 Å². The van der Waals surface area contributed by atoms with Crippen LogP contribution in [-0.4, -0.2) is 39.4 Å². The Hall–Kier alpha value is -3.25. The summed E-state index contributed by atoms with van der Waals surface area (Å²) in [6, 6.07) is 12.6. The number of hydrogen-bond donors (Lipinski definition) is 1. The van der Waals surface area contributed by atoms with Gasteiger partial charge in [0.05, 0.1) is 45.6 Å². The van der Waals surface area contributed by atoms with E-state index in [1.54, 1.807) is 17.5 Å². The van der Waals surface area contributed by atoms with E-state index in [0.717, 1.165) is 63.1 Å². The number of piperidine rings is 2. The third-order valence-electron chi connectivity index (χ3n) is 9.05. The van der Waals surface area contributed by atoms with Crippen molar-refractivity contribution < 1.29 is 9.59 Å². The van der Waals surface area contributed by atoms with Crippen LogP contribution in [0.1, 0.15) is 31.6 Å². The number of nitriles is 1. The molecular formula is C30H28ClN5O2S. The largest absolute Gasteiger partial charge is 0.345 e. The van der Waals surface area contributed by atoms with Crippen LogP contribution in [0.5, 0.6) is 0 Å². The van der Waals surface area contributed by atoms with Crippen LogP contribution in [0.2, 0.25) is 5.02 Å². The Labute approximate surface area is 235 Å². The summed E-state index contributed by atoms with van der Waals surface area (Å²) in [5.41, 5.74) is 3.23. The van der Waals surface area contributed by atoms with E-state index in [-0.39, 0.29) is 35.6 Å². The Balaban J connectivity index is 1.29. The lowest BCUT2D eigenvalue weighted by molar-refractivity contribution is -0.143. The predicted molar refractivity (Wildman–Crippen MR) is 152 cm³/mol. The van der Waals surface area contributed by atoms with E-state index in [9.17, 15) is 14.9 Å². The molecule has 39 heavy (non-hydrogen) atoms. The zero-order chi connectivity index (χ0) is 27.1. The highest BCUT2D eigenvalue weighted by Crippen LogP contribution is 2.63. The maximum Gasteiger partial charge on any atom is 0.234 e. The molecule has 1 aromatic carbocycles. The molecule has 4 aromatic rings. The van der Waals surface area contributed by atoms with E-state index < -0.39 is 5.41 Å². The number of amides is 2.